The van der Waals surface area contributed by atoms with Crippen LogP contribution in [0.25, 0.3) is 0 Å². The molecular weight excluding hydrogens is 479 g/mol. The summed E-state index contributed by atoms with van der Waals surface area (Å²) in [5, 5.41) is 3.58. The van der Waals surface area contributed by atoms with E-state index in [1.54, 1.807) is 4.31 Å². The molecule has 0 amide bonds. The highest BCUT2D eigenvalue weighted by Gasteiger charge is 2.38. The second-order valence-corrected chi connectivity index (χ2v) is 9.54. The number of hydrogen-bond acceptors (Lipinski definition) is 4. The zero-order valence-corrected chi connectivity index (χ0v) is 20.3. The largest absolute Gasteiger partial charge is 0.378 e. The molecule has 2 rings (SSSR count). The van der Waals surface area contributed by atoms with Crippen LogP contribution in [0.15, 0.2) is 4.99 Å². The van der Waals surface area contributed by atoms with Crippen LogP contribution in [0.2, 0.25) is 0 Å². The van der Waals surface area contributed by atoms with Gasteiger partial charge in [-0.05, 0) is 39.5 Å². The molecule has 1 N–H and O–H groups in total. The van der Waals surface area contributed by atoms with Crippen LogP contribution in [0.1, 0.15) is 47.0 Å². The lowest BCUT2D eigenvalue weighted by atomic mass is 10.2. The molecule has 2 unspecified atom stereocenters. The molecule has 2 fully saturated rings. The third-order valence-corrected chi connectivity index (χ3v) is 6.76. The molecule has 0 radical (unpaired) electrons. The molecule has 0 bridgehead atoms. The molecule has 0 aromatic carbocycles. The molecular formula is C18H37IN4O3S. The number of aliphatic imine (C=N–C) groups is 1. The van der Waals surface area contributed by atoms with Crippen LogP contribution in [-0.4, -0.2) is 80.8 Å². The van der Waals surface area contributed by atoms with E-state index in [2.05, 4.69) is 22.1 Å². The van der Waals surface area contributed by atoms with E-state index in [4.69, 9.17) is 4.74 Å². The first-order valence-corrected chi connectivity index (χ1v) is 11.6. The minimum absolute atomic E-state index is 0. The van der Waals surface area contributed by atoms with E-state index >= 15 is 0 Å². The van der Waals surface area contributed by atoms with Crippen molar-refractivity contribution in [1.82, 2.24) is 14.5 Å². The molecule has 7 nitrogen and oxygen atoms in total. The van der Waals surface area contributed by atoms with Crippen LogP contribution < -0.4 is 5.32 Å². The van der Waals surface area contributed by atoms with E-state index < -0.39 is 10.0 Å². The monoisotopic (exact) mass is 516 g/mol. The fourth-order valence-electron chi connectivity index (χ4n) is 3.36. The van der Waals surface area contributed by atoms with E-state index in [1.807, 2.05) is 20.8 Å². The highest BCUT2D eigenvalue weighted by molar-refractivity contribution is 14.0. The van der Waals surface area contributed by atoms with Crippen LogP contribution in [-0.2, 0) is 14.8 Å². The molecule has 27 heavy (non-hydrogen) atoms. The van der Waals surface area contributed by atoms with Crippen molar-refractivity contribution in [2.75, 3.05) is 45.1 Å². The Balaban J connectivity index is 0.00000364. The number of halogens is 1. The Morgan fingerprint density at radius 3 is 2.44 bits per heavy atom. The van der Waals surface area contributed by atoms with E-state index in [1.165, 1.54) is 19.3 Å². The van der Waals surface area contributed by atoms with E-state index in [0.29, 0.717) is 32.2 Å². The average molecular weight is 516 g/mol. The molecule has 1 saturated carbocycles. The van der Waals surface area contributed by atoms with Crippen LogP contribution in [0.5, 0.6) is 0 Å². The summed E-state index contributed by atoms with van der Waals surface area (Å²) in [7, 11) is -3.25. The zero-order chi connectivity index (χ0) is 19.2. The Morgan fingerprint density at radius 2 is 1.89 bits per heavy atom. The van der Waals surface area contributed by atoms with E-state index in [0.717, 1.165) is 18.4 Å². The van der Waals surface area contributed by atoms with Gasteiger partial charge >= 0.3 is 0 Å². The molecule has 160 valence electrons. The summed E-state index contributed by atoms with van der Waals surface area (Å²) < 4.78 is 31.9. The van der Waals surface area contributed by atoms with Gasteiger partial charge in [0.1, 0.15) is 0 Å². The maximum absolute atomic E-state index is 12.5. The standard InChI is InChI=1S/C18H36N4O3S.HI/c1-5-7-16-14-17(16)20-18(19-6-2)21-8-10-22(11-9-21)26(23,24)13-12-25-15(3)4;/h15-17H,5-14H2,1-4H3,(H,19,20);1H. The van der Waals surface area contributed by atoms with Gasteiger partial charge in [-0.25, -0.2) is 8.42 Å². The van der Waals surface area contributed by atoms with Gasteiger partial charge in [0.25, 0.3) is 0 Å². The summed E-state index contributed by atoms with van der Waals surface area (Å²) in [6.07, 6.45) is 3.77. The van der Waals surface area contributed by atoms with Gasteiger partial charge in [0.05, 0.1) is 18.5 Å². The van der Waals surface area contributed by atoms with Gasteiger partial charge in [-0.1, -0.05) is 13.3 Å². The zero-order valence-electron chi connectivity index (χ0n) is 17.2. The van der Waals surface area contributed by atoms with E-state index in [-0.39, 0.29) is 42.4 Å². The number of rotatable bonds is 9. The van der Waals surface area contributed by atoms with Crippen LogP contribution in [0.4, 0.5) is 0 Å². The first-order valence-electron chi connectivity index (χ1n) is 10.0. The number of sulfonamides is 1. The lowest BCUT2D eigenvalue weighted by Crippen LogP contribution is -2.54. The van der Waals surface area contributed by atoms with Crippen LogP contribution in [0, 0.1) is 5.92 Å². The van der Waals surface area contributed by atoms with Crippen LogP contribution in [0.3, 0.4) is 0 Å². The summed E-state index contributed by atoms with van der Waals surface area (Å²) in [6.45, 7) is 11.5. The van der Waals surface area contributed by atoms with Gasteiger partial charge in [0.2, 0.25) is 10.0 Å². The maximum Gasteiger partial charge on any atom is 0.216 e. The predicted molar refractivity (Wildman–Crippen MR) is 121 cm³/mol. The number of nitrogens with zero attached hydrogens (tertiary/aromatic N) is 3. The quantitative estimate of drug-likeness (QED) is 0.289. The number of piperazine rings is 1. The molecule has 0 aromatic heterocycles. The number of nitrogens with one attached hydrogen (secondary N) is 1. The Bertz CT molecular complexity index is 563. The van der Waals surface area contributed by atoms with Crippen molar-refractivity contribution in [2.24, 2.45) is 10.9 Å². The minimum atomic E-state index is -3.25. The highest BCUT2D eigenvalue weighted by Crippen LogP contribution is 2.34. The van der Waals surface area contributed by atoms with Gasteiger partial charge in [0.15, 0.2) is 5.96 Å². The molecule has 1 heterocycles. The van der Waals surface area contributed by atoms with Gasteiger partial charge in [-0.2, -0.15) is 4.31 Å². The topological polar surface area (TPSA) is 74.2 Å². The minimum Gasteiger partial charge on any atom is -0.378 e. The predicted octanol–water partition coefficient (Wildman–Crippen LogP) is 2.13. The van der Waals surface area contributed by atoms with Gasteiger partial charge < -0.3 is 15.0 Å². The Hall–Kier alpha value is -0.130. The van der Waals surface area contributed by atoms with Crippen molar-refractivity contribution in [2.45, 2.75) is 59.1 Å². The summed E-state index contributed by atoms with van der Waals surface area (Å²) >= 11 is 0. The van der Waals surface area contributed by atoms with Gasteiger partial charge in [0, 0.05) is 38.8 Å². The van der Waals surface area contributed by atoms with Gasteiger partial charge in [-0.15, -0.1) is 24.0 Å². The molecule has 1 aliphatic carbocycles. The molecule has 2 aliphatic rings. The lowest BCUT2D eigenvalue weighted by Gasteiger charge is -2.36. The highest BCUT2D eigenvalue weighted by atomic mass is 127. The average Bonchev–Trinajstić information content (AvgIpc) is 3.32. The molecule has 1 saturated heterocycles. The molecule has 1 aliphatic heterocycles. The van der Waals surface area contributed by atoms with E-state index in [9.17, 15) is 8.42 Å². The van der Waals surface area contributed by atoms with Crippen molar-refractivity contribution in [3.05, 3.63) is 0 Å². The van der Waals surface area contributed by atoms with Crippen molar-refractivity contribution >= 4 is 40.0 Å². The third kappa shape index (κ3) is 8.02. The molecule has 0 aromatic rings. The molecule has 9 heteroatoms. The lowest BCUT2D eigenvalue weighted by molar-refractivity contribution is 0.0904. The van der Waals surface area contributed by atoms with Crippen molar-refractivity contribution in [3.8, 4) is 0 Å². The fraction of sp³-hybridized carbons (Fsp3) is 0.944. The second-order valence-electron chi connectivity index (χ2n) is 7.45. The third-order valence-electron chi connectivity index (χ3n) is 4.93. The second kappa shape index (κ2) is 11.8. The number of guanidine groups is 1. The summed E-state index contributed by atoms with van der Waals surface area (Å²) in [5.41, 5.74) is 0. The van der Waals surface area contributed by atoms with Crippen LogP contribution >= 0.6 is 24.0 Å². The first-order chi connectivity index (χ1) is 12.4. The van der Waals surface area contributed by atoms with Crippen molar-refractivity contribution in [1.29, 1.82) is 0 Å². The first kappa shape index (κ1) is 24.9. The fourth-order valence-corrected chi connectivity index (χ4v) is 4.65. The Labute approximate surface area is 182 Å². The summed E-state index contributed by atoms with van der Waals surface area (Å²) in [4.78, 5) is 6.82. The SMILES string of the molecule is CCCC1CC1NC(=NCC)N1CCN(S(=O)(=O)CCOC(C)C)CC1.I. The Morgan fingerprint density at radius 1 is 1.22 bits per heavy atom. The van der Waals surface area contributed by atoms with Gasteiger partial charge in [-0.3, -0.25) is 4.99 Å². The summed E-state index contributed by atoms with van der Waals surface area (Å²) in [6, 6.07) is 0.537. The number of hydrogen-bond donors (Lipinski definition) is 1. The maximum atomic E-state index is 12.5. The van der Waals surface area contributed by atoms with Crippen molar-refractivity contribution in [3.63, 3.8) is 0 Å². The van der Waals surface area contributed by atoms with Crippen molar-refractivity contribution < 1.29 is 13.2 Å². The number of ether oxygens (including phenoxy) is 1. The summed E-state index contributed by atoms with van der Waals surface area (Å²) in [5.74, 6) is 1.76. The smallest absolute Gasteiger partial charge is 0.216 e. The normalized spacial score (nSPS) is 24.0. The molecule has 0 spiro atoms. The Kier molecular flexibility index (Phi) is 10.9. The molecule has 2 atom stereocenters.